The molecule has 14 nitrogen and oxygen atoms in total. The van der Waals surface area contributed by atoms with Gasteiger partial charge in [0.2, 0.25) is 17.7 Å². The third-order valence-electron chi connectivity index (χ3n) is 7.61. The molecule has 46 heavy (non-hydrogen) atoms. The van der Waals surface area contributed by atoms with Gasteiger partial charge in [-0.3, -0.25) is 19.2 Å². The topological polar surface area (TPSA) is 169 Å². The van der Waals surface area contributed by atoms with E-state index in [0.717, 1.165) is 44.4 Å². The number of carbonyl (C=O) groups excluding carboxylic acids is 4. The molecule has 15 heteroatoms. The molecule has 0 aromatic rings. The fraction of sp³-hybridized carbons (Fsp3) is 0.871. The largest absolute Gasteiger partial charge is 0.379 e. The Bertz CT molecular complexity index is 873. The first-order valence-electron chi connectivity index (χ1n) is 16.9. The molecule has 2 fully saturated rings. The van der Waals surface area contributed by atoms with E-state index in [1.165, 1.54) is 0 Å². The molecule has 2 aliphatic rings. The summed E-state index contributed by atoms with van der Waals surface area (Å²) in [5, 5.41) is 16.8. The Morgan fingerprint density at radius 3 is 1.83 bits per heavy atom. The number of hydroxylamine groups is 2. The van der Waals surface area contributed by atoms with Gasteiger partial charge in [0.1, 0.15) is 0 Å². The Kier molecular flexibility index (Phi) is 22.5. The van der Waals surface area contributed by atoms with Gasteiger partial charge in [0, 0.05) is 76.7 Å². The lowest BCUT2D eigenvalue weighted by molar-refractivity contribution is -0.137. The molecule has 5 N–H and O–H groups in total. The predicted octanol–water partition coefficient (Wildman–Crippen LogP) is 1.33. The summed E-state index contributed by atoms with van der Waals surface area (Å²) in [5.41, 5.74) is 0. The van der Waals surface area contributed by atoms with Crippen molar-refractivity contribution in [3.8, 4) is 0 Å². The molecule has 5 amide bonds. The molecule has 0 aliphatic carbocycles. The fourth-order valence-corrected chi connectivity index (χ4v) is 6.45. The van der Waals surface area contributed by atoms with Crippen LogP contribution in [-0.2, 0) is 33.4 Å². The van der Waals surface area contributed by atoms with E-state index >= 15 is 0 Å². The van der Waals surface area contributed by atoms with Crippen molar-refractivity contribution in [1.82, 2.24) is 31.6 Å². The second-order valence-corrected chi connectivity index (χ2v) is 12.7. The SMILES string of the molecule is CCN(C)OCCCNC(=O)CCCC(=O)NCCCOCCOCCOCCCNC(=O)CCCC[C@@H]1SCC2NC(=O)NC21. The molecule has 3 atom stereocenters. The maximum Gasteiger partial charge on any atom is 0.315 e. The van der Waals surface area contributed by atoms with Crippen LogP contribution < -0.4 is 26.6 Å². The number of amides is 5. The summed E-state index contributed by atoms with van der Waals surface area (Å²) >= 11 is 1.90. The zero-order valence-electron chi connectivity index (χ0n) is 27.9. The summed E-state index contributed by atoms with van der Waals surface area (Å²) in [4.78, 5) is 52.7. The van der Waals surface area contributed by atoms with E-state index in [9.17, 15) is 19.2 Å². The average molecular weight is 675 g/mol. The highest BCUT2D eigenvalue weighted by Crippen LogP contribution is 2.33. The molecular formula is C31H58N6O8S. The number of hydrogen-bond acceptors (Lipinski definition) is 10. The lowest BCUT2D eigenvalue weighted by atomic mass is 10.0. The molecule has 266 valence electrons. The molecule has 0 radical (unpaired) electrons. The summed E-state index contributed by atoms with van der Waals surface area (Å²) < 4.78 is 16.6. The van der Waals surface area contributed by atoms with E-state index in [0.29, 0.717) is 103 Å². The van der Waals surface area contributed by atoms with Crippen molar-refractivity contribution in [2.24, 2.45) is 0 Å². The van der Waals surface area contributed by atoms with Crippen LogP contribution in [0, 0.1) is 0 Å². The number of unbranched alkanes of at least 4 members (excludes halogenated alkanes) is 1. The molecular weight excluding hydrogens is 616 g/mol. The van der Waals surface area contributed by atoms with Crippen LogP contribution in [0.15, 0.2) is 0 Å². The van der Waals surface area contributed by atoms with Crippen molar-refractivity contribution in [2.45, 2.75) is 88.5 Å². The zero-order valence-corrected chi connectivity index (χ0v) is 28.7. The summed E-state index contributed by atoms with van der Waals surface area (Å²) in [7, 11) is 1.87. The molecule has 0 aromatic heterocycles. The van der Waals surface area contributed by atoms with Crippen molar-refractivity contribution in [1.29, 1.82) is 0 Å². The van der Waals surface area contributed by atoms with Gasteiger partial charge in [-0.15, -0.1) is 0 Å². The minimum Gasteiger partial charge on any atom is -0.379 e. The van der Waals surface area contributed by atoms with Gasteiger partial charge in [0.05, 0.1) is 45.1 Å². The van der Waals surface area contributed by atoms with Gasteiger partial charge in [0.25, 0.3) is 0 Å². The second-order valence-electron chi connectivity index (χ2n) is 11.4. The third-order valence-corrected chi connectivity index (χ3v) is 9.12. The summed E-state index contributed by atoms with van der Waals surface area (Å²) in [5.74, 6) is 0.931. The molecule has 2 rings (SSSR count). The first-order valence-corrected chi connectivity index (χ1v) is 18.0. The highest BCUT2D eigenvalue weighted by atomic mass is 32.2. The first kappa shape index (κ1) is 40.0. The average Bonchev–Trinajstić information content (AvgIpc) is 3.59. The lowest BCUT2D eigenvalue weighted by Crippen LogP contribution is -2.36. The van der Waals surface area contributed by atoms with Crippen molar-refractivity contribution in [2.75, 3.05) is 85.2 Å². The van der Waals surface area contributed by atoms with Gasteiger partial charge in [-0.2, -0.15) is 16.8 Å². The van der Waals surface area contributed by atoms with E-state index in [4.69, 9.17) is 19.0 Å². The predicted molar refractivity (Wildman–Crippen MR) is 177 cm³/mol. The minimum absolute atomic E-state index is 0.0456. The molecule has 0 saturated carbocycles. The van der Waals surface area contributed by atoms with Crippen LogP contribution in [0.5, 0.6) is 0 Å². The van der Waals surface area contributed by atoms with Gasteiger partial charge in [-0.1, -0.05) is 13.3 Å². The number of hydrogen-bond donors (Lipinski definition) is 5. The zero-order chi connectivity index (χ0) is 33.2. The molecule has 0 aromatic carbocycles. The Hall–Kier alpha value is -2.17. The van der Waals surface area contributed by atoms with Crippen LogP contribution in [0.3, 0.4) is 0 Å². The van der Waals surface area contributed by atoms with E-state index < -0.39 is 0 Å². The summed E-state index contributed by atoms with van der Waals surface area (Å²) in [6.07, 6.45) is 6.76. The maximum atomic E-state index is 12.0. The number of urea groups is 1. The van der Waals surface area contributed by atoms with Crippen LogP contribution in [0.4, 0.5) is 4.79 Å². The Labute approximate surface area is 278 Å². The van der Waals surface area contributed by atoms with Gasteiger partial charge >= 0.3 is 6.03 Å². The Morgan fingerprint density at radius 1 is 0.739 bits per heavy atom. The lowest BCUT2D eigenvalue weighted by Gasteiger charge is -2.16. The first-order chi connectivity index (χ1) is 22.4. The number of carbonyl (C=O) groups is 4. The normalized spacial score (nSPS) is 18.7. The van der Waals surface area contributed by atoms with Crippen LogP contribution in [0.1, 0.15) is 71.1 Å². The monoisotopic (exact) mass is 674 g/mol. The molecule has 2 heterocycles. The van der Waals surface area contributed by atoms with E-state index in [1.807, 2.05) is 25.7 Å². The Balaban J connectivity index is 1.24. The number of nitrogens with one attached hydrogen (secondary N) is 5. The molecule has 0 spiro atoms. The van der Waals surface area contributed by atoms with E-state index in [2.05, 4.69) is 26.6 Å². The summed E-state index contributed by atoms with van der Waals surface area (Å²) in [6.45, 7) is 8.10. The molecule has 2 saturated heterocycles. The second kappa shape index (κ2) is 25.9. The quantitative estimate of drug-likeness (QED) is 0.0444. The van der Waals surface area contributed by atoms with Crippen LogP contribution in [0.2, 0.25) is 0 Å². The minimum atomic E-state index is -0.0596. The van der Waals surface area contributed by atoms with Gasteiger partial charge in [0.15, 0.2) is 0 Å². The van der Waals surface area contributed by atoms with E-state index in [1.54, 1.807) is 5.06 Å². The number of ether oxygens (including phenoxy) is 3. The maximum absolute atomic E-state index is 12.0. The van der Waals surface area contributed by atoms with Gasteiger partial charge in [-0.05, 0) is 38.5 Å². The number of fused-ring (bicyclic) bond motifs is 1. The van der Waals surface area contributed by atoms with Crippen molar-refractivity contribution >= 4 is 35.5 Å². The van der Waals surface area contributed by atoms with Crippen LogP contribution in [0.25, 0.3) is 0 Å². The van der Waals surface area contributed by atoms with Crippen molar-refractivity contribution < 1.29 is 38.2 Å². The third kappa shape index (κ3) is 19.5. The summed E-state index contributed by atoms with van der Waals surface area (Å²) in [6, 6.07) is 0.413. The van der Waals surface area contributed by atoms with Gasteiger partial charge in [-0.25, -0.2) is 4.79 Å². The van der Waals surface area contributed by atoms with Crippen LogP contribution >= 0.6 is 11.8 Å². The van der Waals surface area contributed by atoms with Crippen LogP contribution in [-0.4, -0.2) is 131 Å². The standard InChI is InChI=1S/C31H58N6O8S/c1-3-37(2)45-19-9-16-34-29(40)13-6-12-28(39)33-15-8-18-43-21-23-44-22-20-42-17-7-14-32-27(38)11-5-4-10-26-30-25(24-46-26)35-31(41)36-30/h25-26,30H,3-24H2,1-2H3,(H,32,38)(H,33,39)(H,34,40)(H2,35,36,41)/t25?,26-,30?/m0/s1. The highest BCUT2D eigenvalue weighted by Gasteiger charge is 2.42. The van der Waals surface area contributed by atoms with Crippen molar-refractivity contribution in [3.63, 3.8) is 0 Å². The smallest absolute Gasteiger partial charge is 0.315 e. The van der Waals surface area contributed by atoms with Gasteiger partial charge < -0.3 is 40.8 Å². The Morgan fingerprint density at radius 2 is 1.26 bits per heavy atom. The highest BCUT2D eigenvalue weighted by molar-refractivity contribution is 8.00. The molecule has 2 unspecified atom stereocenters. The molecule has 2 aliphatic heterocycles. The van der Waals surface area contributed by atoms with E-state index in [-0.39, 0.29) is 35.8 Å². The number of thioether (sulfide) groups is 1. The fourth-order valence-electron chi connectivity index (χ4n) is 4.91. The number of rotatable bonds is 29. The molecule has 0 bridgehead atoms. The van der Waals surface area contributed by atoms with Crippen molar-refractivity contribution in [3.05, 3.63) is 0 Å². The number of nitrogens with zero attached hydrogens (tertiary/aromatic N) is 1.